The molecule has 0 aliphatic rings. The predicted molar refractivity (Wildman–Crippen MR) is 79.1 cm³/mol. The summed E-state index contributed by atoms with van der Waals surface area (Å²) in [4.78, 5) is 10.3. The van der Waals surface area contributed by atoms with Gasteiger partial charge in [-0.15, -0.1) is 0 Å². The Morgan fingerprint density at radius 1 is 0.857 bits per heavy atom. The van der Waals surface area contributed by atoms with Gasteiger partial charge in [-0.05, 0) is 12.1 Å². The van der Waals surface area contributed by atoms with E-state index in [0.717, 1.165) is 0 Å². The zero-order chi connectivity index (χ0) is 14.6. The maximum absolute atomic E-state index is 10.3. The molecule has 0 spiro atoms. The van der Waals surface area contributed by atoms with Crippen LogP contribution in [0.5, 0.6) is 5.75 Å². The van der Waals surface area contributed by atoms with Crippen LogP contribution in [0.3, 0.4) is 0 Å². The summed E-state index contributed by atoms with van der Waals surface area (Å²) in [6, 6.07) is 25.8. The molecule has 21 heavy (non-hydrogen) atoms. The van der Waals surface area contributed by atoms with Crippen molar-refractivity contribution in [2.75, 3.05) is 0 Å². The minimum atomic E-state index is -1.11. The maximum Gasteiger partial charge on any atom is 0.339 e. The molecule has 3 aromatic rings. The first-order valence-electron chi connectivity index (χ1n) is 6.06. The van der Waals surface area contributed by atoms with Gasteiger partial charge in [-0.1, -0.05) is 12.1 Å². The number of carbonyl (C=O) groups is 1. The standard InChI is InChI=1S/C7H6O3.2C5H5.Ti/c8-6-4-2-1-3-5(6)7(9)10;2*1-2-4-5-3-1;/h1-4,8H,(H,9,10);2*1-5H;/q;-5;-1;. The molecule has 0 saturated carbocycles. The topological polar surface area (TPSA) is 57.5 Å². The Hall–Kier alpha value is -2.10. The van der Waals surface area contributed by atoms with E-state index < -0.39 is 5.97 Å². The molecule has 2 N–H and O–H groups in total. The van der Waals surface area contributed by atoms with Crippen LogP contribution in [-0.2, 0) is 21.7 Å². The molecule has 0 heterocycles. The summed E-state index contributed by atoms with van der Waals surface area (Å²) in [6.07, 6.45) is 0. The summed E-state index contributed by atoms with van der Waals surface area (Å²) in [5, 5.41) is 17.3. The van der Waals surface area contributed by atoms with Gasteiger partial charge in [0.2, 0.25) is 0 Å². The van der Waals surface area contributed by atoms with E-state index in [9.17, 15) is 4.79 Å². The Bertz CT molecular complexity index is 511. The number of hydrogen-bond acceptors (Lipinski definition) is 2. The maximum atomic E-state index is 10.3. The molecule has 3 nitrogen and oxygen atoms in total. The Morgan fingerprint density at radius 3 is 1.62 bits per heavy atom. The van der Waals surface area contributed by atoms with Gasteiger partial charge in [0, 0.05) is 21.7 Å². The van der Waals surface area contributed by atoms with Crippen molar-refractivity contribution in [1.29, 1.82) is 0 Å². The van der Waals surface area contributed by atoms with Crippen molar-refractivity contribution in [3.63, 3.8) is 0 Å². The van der Waals surface area contributed by atoms with Crippen molar-refractivity contribution >= 4 is 5.97 Å². The molecule has 0 fully saturated rings. The second kappa shape index (κ2) is 11.7. The molecular formula is C17H16O3Ti-6. The van der Waals surface area contributed by atoms with Crippen LogP contribution in [0.4, 0.5) is 0 Å². The summed E-state index contributed by atoms with van der Waals surface area (Å²) in [7, 11) is 0. The van der Waals surface area contributed by atoms with Crippen LogP contribution >= 0.6 is 0 Å². The van der Waals surface area contributed by atoms with Gasteiger partial charge in [-0.25, -0.2) is 16.9 Å². The minimum Gasteiger partial charge on any atom is -0.748 e. The Morgan fingerprint density at radius 2 is 1.33 bits per heavy atom. The molecule has 0 saturated heterocycles. The van der Waals surface area contributed by atoms with E-state index in [4.69, 9.17) is 10.2 Å². The van der Waals surface area contributed by atoms with Gasteiger partial charge in [0.25, 0.3) is 0 Å². The third kappa shape index (κ3) is 8.63. The molecule has 0 radical (unpaired) electrons. The normalized spacial score (nSPS) is 8.19. The molecule has 4 heteroatoms. The minimum absolute atomic E-state index is 0. The first-order chi connectivity index (χ1) is 9.72. The molecule has 0 aromatic heterocycles. The number of hydrogen-bond donors (Lipinski definition) is 2. The quantitative estimate of drug-likeness (QED) is 0.529. The average Bonchev–Trinajstić information content (AvgIpc) is 3.18. The second-order valence-electron chi connectivity index (χ2n) is 3.75. The summed E-state index contributed by atoms with van der Waals surface area (Å²) in [5.74, 6) is -1.31. The van der Waals surface area contributed by atoms with Crippen LogP contribution < -0.4 is 0 Å². The van der Waals surface area contributed by atoms with Gasteiger partial charge in [-0.3, -0.25) is 0 Å². The van der Waals surface area contributed by atoms with E-state index in [1.165, 1.54) is 12.1 Å². The molecule has 0 aliphatic heterocycles. The number of para-hydroxylation sites is 1. The molecule has 3 rings (SSSR count). The van der Waals surface area contributed by atoms with Gasteiger partial charge < -0.3 is 40.5 Å². The smallest absolute Gasteiger partial charge is 0.339 e. The van der Waals surface area contributed by atoms with Crippen molar-refractivity contribution < 1.29 is 36.7 Å². The molecular weight excluding hydrogens is 300 g/mol. The van der Waals surface area contributed by atoms with Gasteiger partial charge in [-0.2, -0.15) is 18.2 Å². The molecule has 0 aliphatic carbocycles. The molecule has 3 aromatic carbocycles. The van der Waals surface area contributed by atoms with Crippen molar-refractivity contribution in [1.82, 2.24) is 0 Å². The average molecular weight is 316 g/mol. The number of rotatable bonds is 1. The van der Waals surface area contributed by atoms with E-state index in [2.05, 4.69) is 0 Å². The van der Waals surface area contributed by atoms with E-state index >= 15 is 0 Å². The second-order valence-corrected chi connectivity index (χ2v) is 3.75. The number of carboxylic acid groups (broad SMARTS) is 1. The summed E-state index contributed by atoms with van der Waals surface area (Å²) in [5.41, 5.74) is -0.0671. The van der Waals surface area contributed by atoms with Gasteiger partial charge in [0.1, 0.15) is 11.3 Å². The van der Waals surface area contributed by atoms with Gasteiger partial charge >= 0.3 is 5.97 Å². The number of aromatic carboxylic acids is 1. The van der Waals surface area contributed by atoms with Gasteiger partial charge in [0.15, 0.2) is 0 Å². The van der Waals surface area contributed by atoms with Crippen LogP contribution in [0.1, 0.15) is 10.4 Å². The first kappa shape index (κ1) is 18.9. The molecule has 0 amide bonds. The Labute approximate surface area is 139 Å². The largest absolute Gasteiger partial charge is 0.748 e. The van der Waals surface area contributed by atoms with E-state index in [1.54, 1.807) is 12.1 Å². The van der Waals surface area contributed by atoms with Crippen LogP contribution in [0.25, 0.3) is 0 Å². The SMILES string of the molecule is O=C(O)c1ccccc1O.[Ti].[cH-]1[cH-][cH-][cH-][cH-]1.c1cc[cH-]c1. The monoisotopic (exact) mass is 316 g/mol. The van der Waals surface area contributed by atoms with Crippen LogP contribution in [-0.4, -0.2) is 16.2 Å². The number of phenols is 1. The summed E-state index contributed by atoms with van der Waals surface area (Å²) < 4.78 is 0. The van der Waals surface area contributed by atoms with Crippen LogP contribution in [0, 0.1) is 0 Å². The number of aromatic hydroxyl groups is 1. The van der Waals surface area contributed by atoms with Crippen LogP contribution in [0.15, 0.2) is 84.9 Å². The molecule has 0 unspecified atom stereocenters. The summed E-state index contributed by atoms with van der Waals surface area (Å²) >= 11 is 0. The van der Waals surface area contributed by atoms with Gasteiger partial charge in [0.05, 0.1) is 0 Å². The van der Waals surface area contributed by atoms with E-state index in [-0.39, 0.29) is 33.0 Å². The molecule has 0 bridgehead atoms. The number of benzene rings is 1. The molecule has 0 atom stereocenters. The fraction of sp³-hybridized carbons (Fsp3) is 0. The fourth-order valence-electron chi connectivity index (χ4n) is 1.30. The number of carboxylic acids is 1. The van der Waals surface area contributed by atoms with Crippen molar-refractivity contribution in [3.05, 3.63) is 90.5 Å². The van der Waals surface area contributed by atoms with Crippen molar-refractivity contribution in [3.8, 4) is 5.75 Å². The predicted octanol–water partition coefficient (Wildman–Crippen LogP) is 3.90. The van der Waals surface area contributed by atoms with Crippen molar-refractivity contribution in [2.24, 2.45) is 0 Å². The zero-order valence-corrected chi connectivity index (χ0v) is 12.9. The van der Waals surface area contributed by atoms with E-state index in [0.29, 0.717) is 0 Å². The molecule has 112 valence electrons. The Kier molecular flexibility index (Phi) is 10.5. The zero-order valence-electron chi connectivity index (χ0n) is 11.4. The third-order valence-corrected chi connectivity index (χ3v) is 2.25. The fourth-order valence-corrected chi connectivity index (χ4v) is 1.30. The summed E-state index contributed by atoms with van der Waals surface area (Å²) in [6.45, 7) is 0. The Balaban J connectivity index is 0.000000307. The third-order valence-electron chi connectivity index (χ3n) is 2.25. The van der Waals surface area contributed by atoms with Crippen molar-refractivity contribution in [2.45, 2.75) is 0 Å². The van der Waals surface area contributed by atoms with Crippen LogP contribution in [0.2, 0.25) is 0 Å². The van der Waals surface area contributed by atoms with E-state index in [1.807, 2.05) is 60.7 Å². The first-order valence-corrected chi connectivity index (χ1v) is 6.06.